The molecule has 23 heavy (non-hydrogen) atoms. The van der Waals surface area contributed by atoms with Crippen molar-refractivity contribution in [2.45, 2.75) is 31.8 Å². The summed E-state index contributed by atoms with van der Waals surface area (Å²) in [6.07, 6.45) is 2.57. The Labute approximate surface area is 149 Å². The molecule has 122 valence electrons. The van der Waals surface area contributed by atoms with Crippen LogP contribution < -0.4 is 4.74 Å². The summed E-state index contributed by atoms with van der Waals surface area (Å²) in [5, 5.41) is 2.98. The van der Waals surface area contributed by atoms with Crippen molar-refractivity contribution in [3.63, 3.8) is 0 Å². The second-order valence-electron chi connectivity index (χ2n) is 5.51. The first-order valence-corrected chi connectivity index (χ1v) is 9.17. The Bertz CT molecular complexity index is 671. The van der Waals surface area contributed by atoms with Gasteiger partial charge < -0.3 is 9.64 Å². The van der Waals surface area contributed by atoms with E-state index in [4.69, 9.17) is 27.9 Å². The maximum Gasteiger partial charge on any atom is 0.226 e. The first kappa shape index (κ1) is 16.6. The van der Waals surface area contributed by atoms with Crippen LogP contribution in [0.5, 0.6) is 5.75 Å². The molecule has 1 aliphatic carbocycles. The maximum atomic E-state index is 12.5. The lowest BCUT2D eigenvalue weighted by molar-refractivity contribution is -0.132. The molecule has 0 aliphatic heterocycles. The SMILES string of the molecule is O=C(CCOc1ccc(Cl)c(Cl)c1)N(Cc1cccs1)C1CC1. The first-order chi connectivity index (χ1) is 11.1. The predicted octanol–water partition coefficient (Wildman–Crippen LogP) is 5.02. The van der Waals surface area contributed by atoms with Crippen LogP contribution in [-0.2, 0) is 11.3 Å². The molecule has 3 rings (SSSR count). The standard InChI is InChI=1S/C17H17Cl2NO2S/c18-15-6-5-13(10-16(15)19)22-8-7-17(21)20(12-3-4-12)11-14-2-1-9-23-14/h1-2,5-6,9-10,12H,3-4,7-8,11H2. The molecule has 3 nitrogen and oxygen atoms in total. The Kier molecular flexibility index (Phi) is 5.46. The van der Waals surface area contributed by atoms with Gasteiger partial charge in [0.1, 0.15) is 5.75 Å². The average Bonchev–Trinajstić information content (AvgIpc) is 3.24. The molecule has 0 spiro atoms. The largest absolute Gasteiger partial charge is 0.493 e. The lowest BCUT2D eigenvalue weighted by Crippen LogP contribution is -2.33. The topological polar surface area (TPSA) is 29.5 Å². The number of hydrogen-bond donors (Lipinski definition) is 0. The van der Waals surface area contributed by atoms with Crippen LogP contribution in [0.1, 0.15) is 24.1 Å². The third-order valence-corrected chi connectivity index (χ3v) is 5.29. The number of halogens is 2. The van der Waals surface area contributed by atoms with Crippen molar-refractivity contribution in [2.24, 2.45) is 0 Å². The zero-order valence-electron chi connectivity index (χ0n) is 12.5. The summed E-state index contributed by atoms with van der Waals surface area (Å²) in [5.74, 6) is 0.768. The first-order valence-electron chi connectivity index (χ1n) is 7.53. The highest BCUT2D eigenvalue weighted by molar-refractivity contribution is 7.09. The summed E-state index contributed by atoms with van der Waals surface area (Å²) in [7, 11) is 0. The summed E-state index contributed by atoms with van der Waals surface area (Å²) in [5.41, 5.74) is 0. The molecule has 0 bridgehead atoms. The van der Waals surface area contributed by atoms with Crippen LogP contribution in [0.2, 0.25) is 10.0 Å². The molecule has 1 aliphatic rings. The highest BCUT2D eigenvalue weighted by Gasteiger charge is 2.32. The molecule has 1 aromatic heterocycles. The predicted molar refractivity (Wildman–Crippen MR) is 94.5 cm³/mol. The van der Waals surface area contributed by atoms with E-state index in [-0.39, 0.29) is 5.91 Å². The molecule has 0 unspecified atom stereocenters. The molecular formula is C17H17Cl2NO2S. The Morgan fingerprint density at radius 3 is 2.74 bits per heavy atom. The van der Waals surface area contributed by atoms with Crippen LogP contribution in [-0.4, -0.2) is 23.5 Å². The van der Waals surface area contributed by atoms with E-state index in [9.17, 15) is 4.79 Å². The zero-order valence-corrected chi connectivity index (χ0v) is 14.8. The van der Waals surface area contributed by atoms with E-state index in [0.717, 1.165) is 12.8 Å². The highest BCUT2D eigenvalue weighted by atomic mass is 35.5. The number of rotatable bonds is 7. The van der Waals surface area contributed by atoms with Gasteiger partial charge in [-0.15, -0.1) is 11.3 Å². The van der Waals surface area contributed by atoms with E-state index in [0.29, 0.717) is 41.4 Å². The molecule has 1 amide bonds. The number of amides is 1. The third kappa shape index (κ3) is 4.63. The number of nitrogens with zero attached hydrogens (tertiary/aromatic N) is 1. The van der Waals surface area contributed by atoms with Crippen LogP contribution in [0, 0.1) is 0 Å². The molecule has 0 saturated heterocycles. The van der Waals surface area contributed by atoms with Gasteiger partial charge in [-0.1, -0.05) is 29.3 Å². The minimum atomic E-state index is 0.140. The number of benzene rings is 1. The van der Waals surface area contributed by atoms with Gasteiger partial charge in [-0.25, -0.2) is 0 Å². The minimum absolute atomic E-state index is 0.140. The summed E-state index contributed by atoms with van der Waals surface area (Å²) in [6.45, 7) is 1.04. The van der Waals surface area contributed by atoms with Gasteiger partial charge in [0.05, 0.1) is 29.6 Å². The highest BCUT2D eigenvalue weighted by Crippen LogP contribution is 2.30. The molecule has 0 N–H and O–H groups in total. The van der Waals surface area contributed by atoms with Crippen LogP contribution >= 0.6 is 34.5 Å². The van der Waals surface area contributed by atoms with E-state index in [2.05, 4.69) is 6.07 Å². The lowest BCUT2D eigenvalue weighted by atomic mass is 10.3. The summed E-state index contributed by atoms with van der Waals surface area (Å²) in [6, 6.07) is 9.59. The Morgan fingerprint density at radius 2 is 2.09 bits per heavy atom. The monoisotopic (exact) mass is 369 g/mol. The van der Waals surface area contributed by atoms with E-state index in [1.807, 2.05) is 16.3 Å². The Morgan fingerprint density at radius 1 is 1.26 bits per heavy atom. The van der Waals surface area contributed by atoms with Crippen molar-refractivity contribution in [2.75, 3.05) is 6.61 Å². The molecule has 1 fully saturated rings. The van der Waals surface area contributed by atoms with Gasteiger partial charge >= 0.3 is 0 Å². The van der Waals surface area contributed by atoms with Crippen molar-refractivity contribution in [1.29, 1.82) is 0 Å². The number of carbonyl (C=O) groups is 1. The van der Waals surface area contributed by atoms with Crippen LogP contribution in [0.3, 0.4) is 0 Å². The van der Waals surface area contributed by atoms with Gasteiger partial charge in [0.15, 0.2) is 0 Å². The number of thiophene rings is 1. The van der Waals surface area contributed by atoms with Crippen LogP contribution in [0.25, 0.3) is 0 Å². The summed E-state index contributed by atoms with van der Waals surface area (Å²) < 4.78 is 5.61. The second kappa shape index (κ2) is 7.56. The van der Waals surface area contributed by atoms with Gasteiger partial charge in [0.25, 0.3) is 0 Å². The Balaban J connectivity index is 1.51. The molecule has 6 heteroatoms. The zero-order chi connectivity index (χ0) is 16.2. The van der Waals surface area contributed by atoms with Gasteiger partial charge in [-0.05, 0) is 36.4 Å². The van der Waals surface area contributed by atoms with Gasteiger partial charge in [-0.3, -0.25) is 4.79 Å². The fourth-order valence-corrected chi connectivity index (χ4v) is 3.33. The van der Waals surface area contributed by atoms with Crippen LogP contribution in [0.15, 0.2) is 35.7 Å². The quantitative estimate of drug-likeness (QED) is 0.685. The summed E-state index contributed by atoms with van der Waals surface area (Å²) >= 11 is 13.5. The van der Waals surface area contributed by atoms with Crippen molar-refractivity contribution in [1.82, 2.24) is 4.90 Å². The maximum absolute atomic E-state index is 12.5. The van der Waals surface area contributed by atoms with E-state index < -0.39 is 0 Å². The van der Waals surface area contributed by atoms with E-state index in [1.54, 1.807) is 29.5 Å². The summed E-state index contributed by atoms with van der Waals surface area (Å²) in [4.78, 5) is 15.7. The second-order valence-corrected chi connectivity index (χ2v) is 7.35. The molecular weight excluding hydrogens is 353 g/mol. The molecule has 0 radical (unpaired) electrons. The number of ether oxygens (including phenoxy) is 1. The third-order valence-electron chi connectivity index (χ3n) is 3.69. The average molecular weight is 370 g/mol. The molecule has 2 aromatic rings. The smallest absolute Gasteiger partial charge is 0.226 e. The lowest BCUT2D eigenvalue weighted by Gasteiger charge is -2.22. The van der Waals surface area contributed by atoms with Crippen molar-refractivity contribution >= 4 is 40.4 Å². The molecule has 0 atom stereocenters. The molecule has 1 aromatic carbocycles. The van der Waals surface area contributed by atoms with E-state index >= 15 is 0 Å². The molecule has 1 heterocycles. The van der Waals surface area contributed by atoms with Crippen molar-refractivity contribution in [3.8, 4) is 5.75 Å². The van der Waals surface area contributed by atoms with Gasteiger partial charge in [0, 0.05) is 17.0 Å². The Hall–Kier alpha value is -1.23. The minimum Gasteiger partial charge on any atom is -0.493 e. The normalized spacial score (nSPS) is 13.8. The van der Waals surface area contributed by atoms with Gasteiger partial charge in [-0.2, -0.15) is 0 Å². The fraction of sp³-hybridized carbons (Fsp3) is 0.353. The van der Waals surface area contributed by atoms with Gasteiger partial charge in [0.2, 0.25) is 5.91 Å². The van der Waals surface area contributed by atoms with Crippen molar-refractivity contribution < 1.29 is 9.53 Å². The van der Waals surface area contributed by atoms with E-state index in [1.165, 1.54) is 4.88 Å². The molecule has 1 saturated carbocycles. The number of carbonyl (C=O) groups excluding carboxylic acids is 1. The van der Waals surface area contributed by atoms with Crippen LogP contribution in [0.4, 0.5) is 0 Å². The fourth-order valence-electron chi connectivity index (χ4n) is 2.34. The number of hydrogen-bond acceptors (Lipinski definition) is 3. The van der Waals surface area contributed by atoms with Crippen molar-refractivity contribution in [3.05, 3.63) is 50.6 Å².